The Morgan fingerprint density at radius 2 is 1.61 bits per heavy atom. The third kappa shape index (κ3) is 4.41. The van der Waals surface area contributed by atoms with E-state index in [-0.39, 0.29) is 12.3 Å². The number of rotatable bonds is 8. The third-order valence-electron chi connectivity index (χ3n) is 6.01. The van der Waals surface area contributed by atoms with Gasteiger partial charge in [-0.1, -0.05) is 43.7 Å². The Morgan fingerprint density at radius 1 is 0.879 bits per heavy atom. The fraction of sp³-hybridized carbons (Fsp3) is 0.286. The maximum Gasteiger partial charge on any atom is 0.195 e. The van der Waals surface area contributed by atoms with Gasteiger partial charge in [0.1, 0.15) is 17.2 Å². The van der Waals surface area contributed by atoms with Crippen LogP contribution in [0, 0.1) is 0 Å². The lowest BCUT2D eigenvalue weighted by molar-refractivity contribution is -0.0326. The average Bonchev–Trinajstić information content (AvgIpc) is 3.31. The van der Waals surface area contributed by atoms with Crippen LogP contribution in [-0.4, -0.2) is 18.2 Å². The van der Waals surface area contributed by atoms with Crippen LogP contribution in [0.5, 0.6) is 17.2 Å². The zero-order valence-corrected chi connectivity index (χ0v) is 19.2. The van der Waals surface area contributed by atoms with Gasteiger partial charge in [-0.25, -0.2) is 0 Å². The van der Waals surface area contributed by atoms with Gasteiger partial charge in [-0.05, 0) is 67.4 Å². The standard InChI is InChI=1S/C28H30N2O3/c1-3-5-18-32-23-16-12-21(13-17-23)28-30-26(24-8-6-7-9-27(24)33-28)19-25(29-30)20-10-14-22(15-11-20)31-4-2/h6-17,19,26,28-29H,3-5,18H2,1-2H3. The summed E-state index contributed by atoms with van der Waals surface area (Å²) in [5.74, 6) is 2.69. The maximum absolute atomic E-state index is 6.47. The Morgan fingerprint density at radius 3 is 2.36 bits per heavy atom. The van der Waals surface area contributed by atoms with Gasteiger partial charge in [0.05, 0.1) is 25.0 Å². The monoisotopic (exact) mass is 442 g/mol. The molecule has 0 bridgehead atoms. The fourth-order valence-corrected chi connectivity index (χ4v) is 4.29. The topological polar surface area (TPSA) is 43.0 Å². The quantitative estimate of drug-likeness (QED) is 0.417. The molecule has 170 valence electrons. The molecule has 5 heteroatoms. The molecule has 0 fully saturated rings. The first-order chi connectivity index (χ1) is 16.3. The summed E-state index contributed by atoms with van der Waals surface area (Å²) in [6, 6.07) is 24.8. The molecule has 5 rings (SSSR count). The molecule has 0 saturated carbocycles. The predicted octanol–water partition coefficient (Wildman–Crippen LogP) is 6.26. The Bertz CT molecular complexity index is 1110. The van der Waals surface area contributed by atoms with Crippen LogP contribution in [0.25, 0.3) is 5.70 Å². The summed E-state index contributed by atoms with van der Waals surface area (Å²) < 4.78 is 17.9. The van der Waals surface area contributed by atoms with Gasteiger partial charge in [-0.15, -0.1) is 0 Å². The van der Waals surface area contributed by atoms with Gasteiger partial charge in [-0.2, -0.15) is 5.01 Å². The minimum Gasteiger partial charge on any atom is -0.494 e. The highest BCUT2D eigenvalue weighted by Gasteiger charge is 2.40. The van der Waals surface area contributed by atoms with Gasteiger partial charge in [0.15, 0.2) is 6.23 Å². The van der Waals surface area contributed by atoms with E-state index < -0.39 is 0 Å². The summed E-state index contributed by atoms with van der Waals surface area (Å²) in [7, 11) is 0. The second-order valence-corrected chi connectivity index (χ2v) is 8.28. The lowest BCUT2D eigenvalue weighted by Gasteiger charge is -2.39. The number of benzene rings is 3. The molecule has 5 nitrogen and oxygen atoms in total. The molecule has 33 heavy (non-hydrogen) atoms. The molecule has 3 aromatic rings. The summed E-state index contributed by atoms with van der Waals surface area (Å²) in [5, 5.41) is 2.18. The largest absolute Gasteiger partial charge is 0.494 e. The van der Waals surface area contributed by atoms with E-state index in [1.807, 2.05) is 43.3 Å². The van der Waals surface area contributed by atoms with E-state index >= 15 is 0 Å². The number of hydrazine groups is 1. The fourth-order valence-electron chi connectivity index (χ4n) is 4.29. The van der Waals surface area contributed by atoms with E-state index in [0.717, 1.165) is 59.1 Å². The molecule has 2 unspecified atom stereocenters. The van der Waals surface area contributed by atoms with Crippen LogP contribution in [0.4, 0.5) is 0 Å². The summed E-state index contributed by atoms with van der Waals surface area (Å²) in [5.41, 5.74) is 8.01. The molecule has 3 aromatic carbocycles. The van der Waals surface area contributed by atoms with Crippen LogP contribution in [0.2, 0.25) is 0 Å². The molecule has 0 radical (unpaired) electrons. The Kier molecular flexibility index (Phi) is 6.22. The first-order valence-electron chi connectivity index (χ1n) is 11.7. The molecule has 1 N–H and O–H groups in total. The number of para-hydroxylation sites is 1. The molecule has 2 aliphatic rings. The van der Waals surface area contributed by atoms with Gasteiger partial charge < -0.3 is 19.6 Å². The summed E-state index contributed by atoms with van der Waals surface area (Å²) in [6.45, 7) is 5.57. The van der Waals surface area contributed by atoms with Crippen molar-refractivity contribution < 1.29 is 14.2 Å². The molecule has 2 aliphatic heterocycles. The number of ether oxygens (including phenoxy) is 3. The molecule has 2 atom stereocenters. The Balaban J connectivity index is 1.42. The first kappa shape index (κ1) is 21.4. The van der Waals surface area contributed by atoms with Crippen molar-refractivity contribution in [3.63, 3.8) is 0 Å². The van der Waals surface area contributed by atoms with Crippen LogP contribution >= 0.6 is 0 Å². The van der Waals surface area contributed by atoms with Crippen LogP contribution in [0.15, 0.2) is 78.9 Å². The lowest BCUT2D eigenvalue weighted by Crippen LogP contribution is -2.43. The second-order valence-electron chi connectivity index (χ2n) is 8.28. The van der Waals surface area contributed by atoms with Crippen molar-refractivity contribution in [1.82, 2.24) is 10.4 Å². The van der Waals surface area contributed by atoms with Gasteiger partial charge in [0.25, 0.3) is 0 Å². The normalized spacial score (nSPS) is 19.0. The molecular weight excluding hydrogens is 412 g/mol. The number of nitrogens with one attached hydrogen (secondary N) is 1. The minimum absolute atomic E-state index is 0.0713. The van der Waals surface area contributed by atoms with Gasteiger partial charge >= 0.3 is 0 Å². The third-order valence-corrected chi connectivity index (χ3v) is 6.01. The van der Waals surface area contributed by atoms with Gasteiger partial charge in [0.2, 0.25) is 0 Å². The molecule has 0 spiro atoms. The molecular formula is C28H30N2O3. The maximum atomic E-state index is 6.47. The summed E-state index contributed by atoms with van der Waals surface area (Å²) >= 11 is 0. The van der Waals surface area contributed by atoms with E-state index in [2.05, 4.69) is 59.8 Å². The second kappa shape index (κ2) is 9.59. The van der Waals surface area contributed by atoms with E-state index in [1.165, 1.54) is 0 Å². The molecule has 2 heterocycles. The van der Waals surface area contributed by atoms with Crippen molar-refractivity contribution in [2.75, 3.05) is 13.2 Å². The van der Waals surface area contributed by atoms with Crippen LogP contribution in [-0.2, 0) is 0 Å². The van der Waals surface area contributed by atoms with Crippen LogP contribution in [0.3, 0.4) is 0 Å². The highest BCUT2D eigenvalue weighted by Crippen LogP contribution is 2.46. The Hall–Kier alpha value is -3.44. The molecule has 0 aromatic heterocycles. The van der Waals surface area contributed by atoms with Gasteiger partial charge in [0, 0.05) is 11.1 Å². The number of unbranched alkanes of at least 4 members (excludes halogenated alkanes) is 1. The van der Waals surface area contributed by atoms with E-state index in [4.69, 9.17) is 14.2 Å². The SMILES string of the molecule is CCCCOc1ccc(C2Oc3ccccc3C3C=C(c4ccc(OCC)cc4)NN32)cc1. The number of hydrogen-bond donors (Lipinski definition) is 1. The van der Waals surface area contributed by atoms with Crippen molar-refractivity contribution in [2.24, 2.45) is 0 Å². The molecule has 0 amide bonds. The highest BCUT2D eigenvalue weighted by molar-refractivity contribution is 5.68. The lowest BCUT2D eigenvalue weighted by atomic mass is 10.0. The Labute approximate surface area is 195 Å². The van der Waals surface area contributed by atoms with Crippen molar-refractivity contribution >= 4 is 5.70 Å². The molecule has 0 aliphatic carbocycles. The molecule has 0 saturated heterocycles. The van der Waals surface area contributed by atoms with Crippen LogP contribution < -0.4 is 19.6 Å². The van der Waals surface area contributed by atoms with Crippen molar-refractivity contribution in [3.05, 3.63) is 95.6 Å². The van der Waals surface area contributed by atoms with Gasteiger partial charge in [-0.3, -0.25) is 0 Å². The minimum atomic E-state index is -0.258. The van der Waals surface area contributed by atoms with E-state index in [0.29, 0.717) is 6.61 Å². The zero-order chi connectivity index (χ0) is 22.6. The number of nitrogens with zero attached hydrogens (tertiary/aromatic N) is 1. The first-order valence-corrected chi connectivity index (χ1v) is 11.7. The zero-order valence-electron chi connectivity index (χ0n) is 19.2. The number of hydrogen-bond acceptors (Lipinski definition) is 5. The van der Waals surface area contributed by atoms with Crippen molar-refractivity contribution in [2.45, 2.75) is 39.0 Å². The highest BCUT2D eigenvalue weighted by atomic mass is 16.5. The van der Waals surface area contributed by atoms with Crippen molar-refractivity contribution in [1.29, 1.82) is 0 Å². The predicted molar refractivity (Wildman–Crippen MR) is 130 cm³/mol. The van der Waals surface area contributed by atoms with E-state index in [1.54, 1.807) is 0 Å². The summed E-state index contributed by atoms with van der Waals surface area (Å²) in [4.78, 5) is 0. The average molecular weight is 443 g/mol. The number of fused-ring (bicyclic) bond motifs is 3. The van der Waals surface area contributed by atoms with E-state index in [9.17, 15) is 0 Å². The smallest absolute Gasteiger partial charge is 0.195 e. The van der Waals surface area contributed by atoms with Crippen LogP contribution in [0.1, 0.15) is 55.6 Å². The summed E-state index contributed by atoms with van der Waals surface area (Å²) in [6.07, 6.45) is 4.20. The van der Waals surface area contributed by atoms with Crippen molar-refractivity contribution in [3.8, 4) is 17.2 Å².